The van der Waals surface area contributed by atoms with Gasteiger partial charge < -0.3 is 19.5 Å². The van der Waals surface area contributed by atoms with Crippen LogP contribution in [0.25, 0.3) is 11.0 Å². The molecule has 34 heavy (non-hydrogen) atoms. The molecule has 1 N–H and O–H groups in total. The zero-order valence-corrected chi connectivity index (χ0v) is 21.1. The van der Waals surface area contributed by atoms with Crippen LogP contribution >= 0.6 is 11.3 Å². The van der Waals surface area contributed by atoms with Gasteiger partial charge >= 0.3 is 0 Å². The number of carbonyl (C=O) groups is 2. The number of carbonyl (C=O) groups excluding carboxylic acids is 2. The number of likely N-dealkylation sites (N-methyl/N-ethyl adjacent to an activating group) is 1. The molecule has 2 aromatic heterocycles. The number of benzene rings is 1. The molecule has 0 aliphatic carbocycles. The molecule has 1 aliphatic heterocycles. The lowest BCUT2D eigenvalue weighted by molar-refractivity contribution is -0.132. The molecule has 0 spiro atoms. The van der Waals surface area contributed by atoms with Crippen LogP contribution in [0.1, 0.15) is 66.6 Å². The second-order valence-corrected chi connectivity index (χ2v) is 9.89. The lowest BCUT2D eigenvalue weighted by Gasteiger charge is -2.31. The smallest absolute Gasteiger partial charge is 0.251 e. The number of aromatic nitrogens is 2. The van der Waals surface area contributed by atoms with Crippen molar-refractivity contribution in [3.8, 4) is 0 Å². The fourth-order valence-electron chi connectivity index (χ4n) is 4.70. The molecule has 3 aromatic rings. The predicted molar refractivity (Wildman–Crippen MR) is 135 cm³/mol. The van der Waals surface area contributed by atoms with Crippen LogP contribution in [0.15, 0.2) is 35.7 Å². The summed E-state index contributed by atoms with van der Waals surface area (Å²) in [5.74, 6) is 0.682. The van der Waals surface area contributed by atoms with Crippen LogP contribution in [0, 0.1) is 0 Å². The maximum absolute atomic E-state index is 12.9. The molecule has 1 fully saturated rings. The van der Waals surface area contributed by atoms with Gasteiger partial charge in [-0.1, -0.05) is 19.9 Å². The lowest BCUT2D eigenvalue weighted by Crippen LogP contribution is -2.45. The Balaban J connectivity index is 1.50. The van der Waals surface area contributed by atoms with E-state index in [1.54, 1.807) is 23.3 Å². The number of rotatable bonds is 9. The summed E-state index contributed by atoms with van der Waals surface area (Å²) in [6, 6.07) is 10.4. The third-order valence-corrected chi connectivity index (χ3v) is 7.65. The first-order chi connectivity index (χ1) is 16.5. The van der Waals surface area contributed by atoms with Crippen molar-refractivity contribution < 1.29 is 14.3 Å². The van der Waals surface area contributed by atoms with Crippen LogP contribution in [0.5, 0.6) is 0 Å². The average Bonchev–Trinajstić information content (AvgIpc) is 3.51. The average molecular weight is 483 g/mol. The molecule has 0 atom stereocenters. The number of hydrogen-bond donors (Lipinski definition) is 1. The zero-order chi connectivity index (χ0) is 24.1. The lowest BCUT2D eigenvalue weighted by atomic mass is 10.1. The van der Waals surface area contributed by atoms with E-state index in [0.29, 0.717) is 24.8 Å². The van der Waals surface area contributed by atoms with Gasteiger partial charge in [-0.15, -0.1) is 11.3 Å². The van der Waals surface area contributed by atoms with Gasteiger partial charge in [0.05, 0.1) is 17.6 Å². The van der Waals surface area contributed by atoms with Gasteiger partial charge in [0.2, 0.25) is 5.91 Å². The number of amides is 2. The van der Waals surface area contributed by atoms with Crippen LogP contribution < -0.4 is 5.32 Å². The van der Waals surface area contributed by atoms with Crippen molar-refractivity contribution in [2.75, 3.05) is 26.8 Å². The Morgan fingerprint density at radius 3 is 2.68 bits per heavy atom. The third-order valence-electron chi connectivity index (χ3n) is 6.78. The first-order valence-electron chi connectivity index (χ1n) is 12.2. The van der Waals surface area contributed by atoms with E-state index in [9.17, 15) is 9.59 Å². The largest absolute Gasteiger partial charge is 0.381 e. The van der Waals surface area contributed by atoms with E-state index in [1.807, 2.05) is 18.2 Å². The number of imidazole rings is 1. The van der Waals surface area contributed by atoms with Crippen molar-refractivity contribution in [3.63, 3.8) is 0 Å². The Morgan fingerprint density at radius 1 is 1.24 bits per heavy atom. The van der Waals surface area contributed by atoms with Gasteiger partial charge in [-0.25, -0.2) is 4.98 Å². The fraction of sp³-hybridized carbons (Fsp3) is 0.500. The summed E-state index contributed by atoms with van der Waals surface area (Å²) in [4.78, 5) is 33.4. The van der Waals surface area contributed by atoms with E-state index >= 15 is 0 Å². The fourth-order valence-corrected chi connectivity index (χ4v) is 5.41. The molecule has 7 nitrogen and oxygen atoms in total. The van der Waals surface area contributed by atoms with E-state index in [-0.39, 0.29) is 24.4 Å². The topological polar surface area (TPSA) is 76.5 Å². The molecule has 4 rings (SSSR count). The van der Waals surface area contributed by atoms with E-state index in [0.717, 1.165) is 49.0 Å². The van der Waals surface area contributed by atoms with Crippen molar-refractivity contribution in [1.82, 2.24) is 19.8 Å². The summed E-state index contributed by atoms with van der Waals surface area (Å²) in [5.41, 5.74) is 2.38. The second-order valence-electron chi connectivity index (χ2n) is 8.86. The molecule has 0 bridgehead atoms. The molecule has 0 unspecified atom stereocenters. The summed E-state index contributed by atoms with van der Waals surface area (Å²) in [7, 11) is 1.80. The normalized spacial score (nSPS) is 14.6. The van der Waals surface area contributed by atoms with Gasteiger partial charge in [0, 0.05) is 49.2 Å². The number of hydrogen-bond acceptors (Lipinski definition) is 5. The predicted octanol–water partition coefficient (Wildman–Crippen LogP) is 4.42. The summed E-state index contributed by atoms with van der Waals surface area (Å²) >= 11 is 1.73. The molecule has 3 heterocycles. The Labute approximate surface area is 205 Å². The van der Waals surface area contributed by atoms with Crippen LogP contribution in [-0.4, -0.2) is 59.1 Å². The van der Waals surface area contributed by atoms with Crippen LogP contribution in [0.3, 0.4) is 0 Å². The number of nitrogens with zero attached hydrogens (tertiary/aromatic N) is 3. The van der Waals surface area contributed by atoms with Gasteiger partial charge in [-0.3, -0.25) is 9.59 Å². The quantitative estimate of drug-likeness (QED) is 0.490. The summed E-state index contributed by atoms with van der Waals surface area (Å²) < 4.78 is 7.71. The molecule has 1 aliphatic rings. The monoisotopic (exact) mass is 482 g/mol. The Kier molecular flexibility index (Phi) is 8.00. The van der Waals surface area contributed by atoms with E-state index in [4.69, 9.17) is 9.72 Å². The molecule has 8 heteroatoms. The minimum atomic E-state index is -0.257. The number of thiophene rings is 1. The van der Waals surface area contributed by atoms with E-state index in [1.165, 1.54) is 4.88 Å². The maximum Gasteiger partial charge on any atom is 0.251 e. The molecular weight excluding hydrogens is 448 g/mol. The maximum atomic E-state index is 12.9. The first-order valence-corrected chi connectivity index (χ1v) is 13.0. The first kappa shape index (κ1) is 24.4. The molecule has 0 radical (unpaired) electrons. The van der Waals surface area contributed by atoms with Gasteiger partial charge in [-0.2, -0.15) is 0 Å². The molecule has 182 valence electrons. The minimum absolute atomic E-state index is 0.0173. The third kappa shape index (κ3) is 5.33. The van der Waals surface area contributed by atoms with Gasteiger partial charge in [0.1, 0.15) is 5.82 Å². The summed E-state index contributed by atoms with van der Waals surface area (Å²) in [6.45, 7) is 5.73. The van der Waals surface area contributed by atoms with Crippen molar-refractivity contribution in [3.05, 3.63) is 52.0 Å². The summed E-state index contributed by atoms with van der Waals surface area (Å²) in [6.07, 6.45) is 4.48. The van der Waals surface area contributed by atoms with E-state index < -0.39 is 0 Å². The van der Waals surface area contributed by atoms with Crippen LogP contribution in [-0.2, 0) is 16.0 Å². The Bertz CT molecular complexity index is 1110. The number of nitrogens with one attached hydrogen (secondary N) is 1. The number of fused-ring (bicyclic) bond motifs is 1. The van der Waals surface area contributed by atoms with Gasteiger partial charge in [-0.05, 0) is 55.3 Å². The highest BCUT2D eigenvalue weighted by Crippen LogP contribution is 2.28. The van der Waals surface area contributed by atoms with Crippen LogP contribution in [0.2, 0.25) is 0 Å². The van der Waals surface area contributed by atoms with Crippen molar-refractivity contribution >= 4 is 34.2 Å². The Morgan fingerprint density at radius 2 is 2.00 bits per heavy atom. The Hall–Kier alpha value is -2.71. The highest BCUT2D eigenvalue weighted by molar-refractivity contribution is 7.09. The van der Waals surface area contributed by atoms with Crippen molar-refractivity contribution in [1.29, 1.82) is 0 Å². The molecule has 0 saturated carbocycles. The SMILES string of the molecule is CCC(CC)n1c(Cc2cccs2)nc2cc(C(=O)NCC(=O)N(C)C3CCOCC3)ccc21. The summed E-state index contributed by atoms with van der Waals surface area (Å²) in [5, 5.41) is 4.88. The zero-order valence-electron chi connectivity index (χ0n) is 20.3. The minimum Gasteiger partial charge on any atom is -0.381 e. The van der Waals surface area contributed by atoms with E-state index in [2.05, 4.69) is 41.2 Å². The molecule has 1 saturated heterocycles. The molecule has 2 amide bonds. The van der Waals surface area contributed by atoms with Gasteiger partial charge in [0.15, 0.2) is 0 Å². The number of ether oxygens (including phenoxy) is 1. The molecule has 1 aromatic carbocycles. The highest BCUT2D eigenvalue weighted by atomic mass is 32.1. The van der Waals surface area contributed by atoms with Crippen molar-refractivity contribution in [2.45, 2.75) is 58.0 Å². The standard InChI is InChI=1S/C26H34N4O3S/c1-4-19(5-2)30-23-9-8-18(15-22(23)28-24(30)16-21-7-6-14-34-21)26(32)27-17-25(31)29(3)20-10-12-33-13-11-20/h6-9,14-15,19-20H,4-5,10-13,16-17H2,1-3H3,(H,27,32). The van der Waals surface area contributed by atoms with Crippen molar-refractivity contribution in [2.24, 2.45) is 0 Å². The van der Waals surface area contributed by atoms with Gasteiger partial charge in [0.25, 0.3) is 5.91 Å². The second kappa shape index (κ2) is 11.1. The highest BCUT2D eigenvalue weighted by Gasteiger charge is 2.23. The molecular formula is C26H34N4O3S. The van der Waals surface area contributed by atoms with Crippen LogP contribution in [0.4, 0.5) is 0 Å².